The third kappa shape index (κ3) is 2.22. The number of hydrogen-bond acceptors (Lipinski definition) is 1. The number of allylic oxidation sites excluding steroid dienone is 1. The monoisotopic (exact) mass is 173 g/mol. The lowest BCUT2D eigenvalue weighted by atomic mass is 10.1. The van der Waals surface area contributed by atoms with Gasteiger partial charge in [0.25, 0.3) is 0 Å². The Morgan fingerprint density at radius 3 is 2.69 bits per heavy atom. The van der Waals surface area contributed by atoms with E-state index >= 15 is 0 Å². The van der Waals surface area contributed by atoms with E-state index in [4.69, 9.17) is 0 Å². The molecule has 0 saturated carbocycles. The minimum Gasteiger partial charge on any atom is -0.362 e. The fourth-order valence-electron chi connectivity index (χ4n) is 1.15. The van der Waals surface area contributed by atoms with Gasteiger partial charge in [-0.3, -0.25) is 0 Å². The Hall–Kier alpha value is -1.50. The molecule has 1 aromatic carbocycles. The van der Waals surface area contributed by atoms with Crippen molar-refractivity contribution in [3.05, 3.63) is 48.7 Å². The predicted octanol–water partition coefficient (Wildman–Crippen LogP) is 3.58. The van der Waals surface area contributed by atoms with Crippen LogP contribution in [-0.4, -0.2) is 0 Å². The molecule has 1 rings (SSSR count). The van der Waals surface area contributed by atoms with E-state index in [0.29, 0.717) is 0 Å². The van der Waals surface area contributed by atoms with Gasteiger partial charge in [-0.25, -0.2) is 0 Å². The highest BCUT2D eigenvalue weighted by Gasteiger charge is 1.98. The maximum Gasteiger partial charge on any atom is 0.0415 e. The minimum atomic E-state index is 1.08. The van der Waals surface area contributed by atoms with Crippen LogP contribution in [0, 0.1) is 6.92 Å². The Kier molecular flexibility index (Phi) is 2.91. The van der Waals surface area contributed by atoms with Crippen molar-refractivity contribution in [3.8, 4) is 0 Å². The van der Waals surface area contributed by atoms with Crippen LogP contribution >= 0.6 is 0 Å². The van der Waals surface area contributed by atoms with Crippen molar-refractivity contribution in [3.63, 3.8) is 0 Å². The van der Waals surface area contributed by atoms with Crippen LogP contribution in [0.4, 0.5) is 5.69 Å². The average molecular weight is 173 g/mol. The lowest BCUT2D eigenvalue weighted by Crippen LogP contribution is -1.91. The topological polar surface area (TPSA) is 12.0 Å². The van der Waals surface area contributed by atoms with E-state index in [1.165, 1.54) is 5.56 Å². The smallest absolute Gasteiger partial charge is 0.0415 e. The first kappa shape index (κ1) is 9.59. The molecule has 0 aromatic heterocycles. The molecule has 0 aliphatic carbocycles. The van der Waals surface area contributed by atoms with Gasteiger partial charge in [0.05, 0.1) is 0 Å². The van der Waals surface area contributed by atoms with Gasteiger partial charge in [0.15, 0.2) is 0 Å². The van der Waals surface area contributed by atoms with Gasteiger partial charge in [0, 0.05) is 5.69 Å². The summed E-state index contributed by atoms with van der Waals surface area (Å²) in [5.41, 5.74) is 4.54. The van der Waals surface area contributed by atoms with Gasteiger partial charge < -0.3 is 5.32 Å². The summed E-state index contributed by atoms with van der Waals surface area (Å²) in [5.74, 6) is 0. The molecular weight excluding hydrogens is 158 g/mol. The van der Waals surface area contributed by atoms with Crippen LogP contribution < -0.4 is 5.32 Å². The third-order valence-corrected chi connectivity index (χ3v) is 1.99. The van der Waals surface area contributed by atoms with E-state index in [9.17, 15) is 0 Å². The molecule has 0 bridgehead atoms. The molecular formula is C12H15N. The predicted molar refractivity (Wildman–Crippen MR) is 59.7 cm³/mol. The van der Waals surface area contributed by atoms with Crippen LogP contribution in [0.2, 0.25) is 0 Å². The second-order valence-corrected chi connectivity index (χ2v) is 3.16. The van der Waals surface area contributed by atoms with E-state index in [0.717, 1.165) is 16.8 Å². The summed E-state index contributed by atoms with van der Waals surface area (Å²) in [6.45, 7) is 11.6. The highest BCUT2D eigenvalue weighted by Crippen LogP contribution is 2.20. The van der Waals surface area contributed by atoms with Crippen molar-refractivity contribution in [2.75, 3.05) is 5.32 Å². The number of hydrogen-bond donors (Lipinski definition) is 1. The Bertz CT molecular complexity index is 337. The maximum absolute atomic E-state index is 3.90. The summed E-state index contributed by atoms with van der Waals surface area (Å²) < 4.78 is 0. The molecule has 0 aliphatic rings. The molecule has 0 atom stereocenters. The van der Waals surface area contributed by atoms with E-state index in [1.54, 1.807) is 6.20 Å². The molecule has 0 spiro atoms. The van der Waals surface area contributed by atoms with E-state index in [2.05, 4.69) is 43.6 Å². The standard InChI is InChI=1S/C12H15N/c1-5-13-12-8-11(9(2)3)7-6-10(12)4/h5-8,13H,1-2H2,3-4H3. The van der Waals surface area contributed by atoms with Crippen LogP contribution in [0.1, 0.15) is 18.1 Å². The molecule has 0 heterocycles. The van der Waals surface area contributed by atoms with Gasteiger partial charge in [-0.05, 0) is 37.2 Å². The van der Waals surface area contributed by atoms with Crippen molar-refractivity contribution in [2.45, 2.75) is 13.8 Å². The Morgan fingerprint density at radius 2 is 2.15 bits per heavy atom. The van der Waals surface area contributed by atoms with Crippen LogP contribution in [0.25, 0.3) is 5.57 Å². The van der Waals surface area contributed by atoms with E-state index in [-0.39, 0.29) is 0 Å². The molecule has 1 aromatic rings. The largest absolute Gasteiger partial charge is 0.362 e. The van der Waals surface area contributed by atoms with Gasteiger partial charge >= 0.3 is 0 Å². The fraction of sp³-hybridized carbons (Fsp3) is 0.167. The van der Waals surface area contributed by atoms with Crippen molar-refractivity contribution in [2.24, 2.45) is 0 Å². The van der Waals surface area contributed by atoms with Crippen LogP contribution in [0.5, 0.6) is 0 Å². The molecule has 68 valence electrons. The molecule has 0 fully saturated rings. The van der Waals surface area contributed by atoms with E-state index < -0.39 is 0 Å². The van der Waals surface area contributed by atoms with Crippen molar-refractivity contribution < 1.29 is 0 Å². The van der Waals surface area contributed by atoms with Crippen molar-refractivity contribution in [1.82, 2.24) is 0 Å². The molecule has 1 heteroatoms. The fourth-order valence-corrected chi connectivity index (χ4v) is 1.15. The number of aryl methyl sites for hydroxylation is 1. The van der Waals surface area contributed by atoms with E-state index in [1.807, 2.05) is 6.92 Å². The minimum absolute atomic E-state index is 1.08. The molecule has 13 heavy (non-hydrogen) atoms. The highest BCUT2D eigenvalue weighted by atomic mass is 14.8. The van der Waals surface area contributed by atoms with Crippen LogP contribution in [0.3, 0.4) is 0 Å². The molecule has 0 aliphatic heterocycles. The number of rotatable bonds is 3. The third-order valence-electron chi connectivity index (χ3n) is 1.99. The molecule has 0 unspecified atom stereocenters. The van der Waals surface area contributed by atoms with Gasteiger partial charge in [-0.2, -0.15) is 0 Å². The van der Waals surface area contributed by atoms with Gasteiger partial charge in [0.2, 0.25) is 0 Å². The number of benzene rings is 1. The molecule has 1 N–H and O–H groups in total. The SMILES string of the molecule is C=CNc1cc(C(=C)C)ccc1C. The molecule has 0 radical (unpaired) electrons. The second-order valence-electron chi connectivity index (χ2n) is 3.16. The number of nitrogens with one attached hydrogen (secondary N) is 1. The first-order chi connectivity index (χ1) is 6.15. The Balaban J connectivity index is 3.10. The summed E-state index contributed by atoms with van der Waals surface area (Å²) in [5, 5.41) is 3.09. The van der Waals surface area contributed by atoms with Crippen LogP contribution in [-0.2, 0) is 0 Å². The van der Waals surface area contributed by atoms with Crippen molar-refractivity contribution >= 4 is 11.3 Å². The van der Waals surface area contributed by atoms with Gasteiger partial charge in [0.1, 0.15) is 0 Å². The number of anilines is 1. The Morgan fingerprint density at radius 1 is 1.46 bits per heavy atom. The summed E-state index contributed by atoms with van der Waals surface area (Å²) in [7, 11) is 0. The summed E-state index contributed by atoms with van der Waals surface area (Å²) in [6.07, 6.45) is 1.69. The first-order valence-electron chi connectivity index (χ1n) is 4.29. The summed E-state index contributed by atoms with van der Waals surface area (Å²) >= 11 is 0. The molecule has 0 saturated heterocycles. The lowest BCUT2D eigenvalue weighted by molar-refractivity contribution is 1.42. The van der Waals surface area contributed by atoms with Crippen LogP contribution in [0.15, 0.2) is 37.6 Å². The Labute approximate surface area is 79.8 Å². The maximum atomic E-state index is 3.90. The first-order valence-corrected chi connectivity index (χ1v) is 4.29. The molecule has 1 nitrogen and oxygen atoms in total. The lowest BCUT2D eigenvalue weighted by Gasteiger charge is -2.07. The quantitative estimate of drug-likeness (QED) is 0.736. The molecule has 0 amide bonds. The zero-order valence-electron chi connectivity index (χ0n) is 8.22. The summed E-state index contributed by atoms with van der Waals surface area (Å²) in [4.78, 5) is 0. The highest BCUT2D eigenvalue weighted by molar-refractivity contribution is 5.67. The van der Waals surface area contributed by atoms with Gasteiger partial charge in [-0.15, -0.1) is 0 Å². The normalized spacial score (nSPS) is 9.38. The van der Waals surface area contributed by atoms with Crippen molar-refractivity contribution in [1.29, 1.82) is 0 Å². The average Bonchev–Trinajstić information content (AvgIpc) is 2.08. The second kappa shape index (κ2) is 3.94. The zero-order valence-corrected chi connectivity index (χ0v) is 8.22. The van der Waals surface area contributed by atoms with Gasteiger partial charge in [-0.1, -0.05) is 30.9 Å². The summed E-state index contributed by atoms with van der Waals surface area (Å²) in [6, 6.07) is 6.24. The zero-order chi connectivity index (χ0) is 9.84.